The normalized spacial score (nSPS) is 14.4. The van der Waals surface area contributed by atoms with Crippen molar-refractivity contribution >= 4 is 11.7 Å². The number of benzene rings is 2. The summed E-state index contributed by atoms with van der Waals surface area (Å²) < 4.78 is 5.67. The van der Waals surface area contributed by atoms with E-state index in [0.29, 0.717) is 43.1 Å². The largest absolute Gasteiger partial charge is 0.439 e. The van der Waals surface area contributed by atoms with Gasteiger partial charge >= 0.3 is 0 Å². The molecule has 0 radical (unpaired) electrons. The summed E-state index contributed by atoms with van der Waals surface area (Å²) in [4.78, 5) is 31.4. The Morgan fingerprint density at radius 2 is 1.48 bits per heavy atom. The molecule has 2 aromatic carbocycles. The average Bonchev–Trinajstić information content (AvgIpc) is 2.80. The number of para-hydroxylation sites is 1. The summed E-state index contributed by atoms with van der Waals surface area (Å²) >= 11 is 0. The van der Waals surface area contributed by atoms with Crippen LogP contribution in [0.15, 0.2) is 79.0 Å². The zero-order valence-corrected chi connectivity index (χ0v) is 16.0. The Kier molecular flexibility index (Phi) is 5.66. The molecule has 1 aliphatic heterocycles. The van der Waals surface area contributed by atoms with Crippen LogP contribution >= 0.6 is 0 Å². The monoisotopic (exact) mass is 386 g/mol. The minimum Gasteiger partial charge on any atom is -0.439 e. The van der Waals surface area contributed by atoms with Crippen LogP contribution in [0.5, 0.6) is 11.6 Å². The third-order valence-corrected chi connectivity index (χ3v) is 5.16. The van der Waals surface area contributed by atoms with Gasteiger partial charge in [-0.3, -0.25) is 9.59 Å². The number of Topliss-reactive ketones (excluding diaryl/α,β-unsaturated/α-hetero) is 1. The summed E-state index contributed by atoms with van der Waals surface area (Å²) in [5, 5.41) is 0. The molecular weight excluding hydrogens is 364 g/mol. The number of nitrogens with zero attached hydrogens (tertiary/aromatic N) is 2. The molecule has 146 valence electrons. The third-order valence-electron chi connectivity index (χ3n) is 5.16. The highest BCUT2D eigenvalue weighted by atomic mass is 16.5. The van der Waals surface area contributed by atoms with Gasteiger partial charge in [-0.2, -0.15) is 0 Å². The molecule has 0 unspecified atom stereocenters. The van der Waals surface area contributed by atoms with Crippen molar-refractivity contribution in [2.45, 2.75) is 12.8 Å². The van der Waals surface area contributed by atoms with Crippen molar-refractivity contribution in [1.82, 2.24) is 9.88 Å². The molecule has 1 aliphatic rings. The Morgan fingerprint density at radius 1 is 0.828 bits per heavy atom. The first-order valence-corrected chi connectivity index (χ1v) is 9.78. The van der Waals surface area contributed by atoms with Crippen molar-refractivity contribution in [1.29, 1.82) is 0 Å². The second-order valence-electron chi connectivity index (χ2n) is 7.10. The molecule has 5 nitrogen and oxygen atoms in total. The highest BCUT2D eigenvalue weighted by Crippen LogP contribution is 2.24. The van der Waals surface area contributed by atoms with Crippen molar-refractivity contribution in [2.24, 2.45) is 5.92 Å². The van der Waals surface area contributed by atoms with Gasteiger partial charge in [0.25, 0.3) is 5.91 Å². The lowest BCUT2D eigenvalue weighted by molar-refractivity contribution is 0.0650. The van der Waals surface area contributed by atoms with E-state index in [-0.39, 0.29) is 17.6 Å². The van der Waals surface area contributed by atoms with E-state index in [9.17, 15) is 9.59 Å². The average molecular weight is 386 g/mol. The van der Waals surface area contributed by atoms with E-state index < -0.39 is 0 Å². The van der Waals surface area contributed by atoms with Gasteiger partial charge in [0.1, 0.15) is 5.75 Å². The van der Waals surface area contributed by atoms with Gasteiger partial charge < -0.3 is 9.64 Å². The molecule has 29 heavy (non-hydrogen) atoms. The Hall–Kier alpha value is -3.47. The quantitative estimate of drug-likeness (QED) is 0.601. The fraction of sp³-hybridized carbons (Fsp3) is 0.208. The van der Waals surface area contributed by atoms with E-state index >= 15 is 0 Å². The zero-order chi connectivity index (χ0) is 20.1. The summed E-state index contributed by atoms with van der Waals surface area (Å²) in [6.45, 7) is 1.15. The molecular formula is C24H22N2O3. The van der Waals surface area contributed by atoms with E-state index in [1.54, 1.807) is 23.2 Å². The van der Waals surface area contributed by atoms with Gasteiger partial charge in [0.2, 0.25) is 5.88 Å². The summed E-state index contributed by atoms with van der Waals surface area (Å²) in [6, 6.07) is 22.2. The highest BCUT2D eigenvalue weighted by Gasteiger charge is 2.28. The minimum atomic E-state index is -0.0608. The Bertz CT molecular complexity index is 964. The number of carbonyl (C=O) groups excluding carboxylic acids is 2. The van der Waals surface area contributed by atoms with Gasteiger partial charge in [-0.05, 0) is 31.0 Å². The van der Waals surface area contributed by atoms with Crippen LogP contribution in [-0.2, 0) is 0 Å². The van der Waals surface area contributed by atoms with E-state index in [2.05, 4.69) is 4.98 Å². The first-order valence-electron chi connectivity index (χ1n) is 9.78. The van der Waals surface area contributed by atoms with Crippen molar-refractivity contribution in [2.75, 3.05) is 13.1 Å². The third kappa shape index (κ3) is 4.51. The molecule has 1 saturated heterocycles. The van der Waals surface area contributed by atoms with Crippen molar-refractivity contribution in [3.8, 4) is 11.6 Å². The molecule has 0 saturated carbocycles. The molecule has 4 rings (SSSR count). The molecule has 1 fully saturated rings. The molecule has 0 bridgehead atoms. The lowest BCUT2D eigenvalue weighted by Gasteiger charge is -2.31. The van der Waals surface area contributed by atoms with Crippen LogP contribution < -0.4 is 4.74 Å². The predicted octanol–water partition coefficient (Wildman–Crippen LogP) is 4.61. The molecule has 0 aliphatic carbocycles. The van der Waals surface area contributed by atoms with Crippen LogP contribution in [0.2, 0.25) is 0 Å². The lowest BCUT2D eigenvalue weighted by atomic mass is 9.89. The molecule has 3 aromatic rings. The fourth-order valence-electron chi connectivity index (χ4n) is 3.54. The predicted molar refractivity (Wildman–Crippen MR) is 110 cm³/mol. The number of carbonyl (C=O) groups is 2. The summed E-state index contributed by atoms with van der Waals surface area (Å²) in [6.07, 6.45) is 2.91. The molecule has 0 atom stereocenters. The maximum absolute atomic E-state index is 12.8. The fourth-order valence-corrected chi connectivity index (χ4v) is 3.54. The van der Waals surface area contributed by atoms with Gasteiger partial charge in [0.15, 0.2) is 5.78 Å². The zero-order valence-electron chi connectivity index (χ0n) is 16.0. The van der Waals surface area contributed by atoms with Crippen LogP contribution in [0, 0.1) is 5.92 Å². The van der Waals surface area contributed by atoms with Crippen molar-refractivity contribution in [3.63, 3.8) is 0 Å². The Balaban J connectivity index is 1.34. The Morgan fingerprint density at radius 3 is 2.10 bits per heavy atom. The second kappa shape index (κ2) is 8.69. The SMILES string of the molecule is O=C(c1ccccc1)C1CCN(C(=O)c2ccc(Oc3ccccc3)nc2)CC1. The van der Waals surface area contributed by atoms with Crippen molar-refractivity contribution in [3.05, 3.63) is 90.1 Å². The molecule has 1 aromatic heterocycles. The minimum absolute atomic E-state index is 0.0266. The maximum Gasteiger partial charge on any atom is 0.255 e. The van der Waals surface area contributed by atoms with Crippen LogP contribution in [0.25, 0.3) is 0 Å². The first-order chi connectivity index (χ1) is 14.2. The number of hydrogen-bond donors (Lipinski definition) is 0. The number of pyridine rings is 1. The van der Waals surface area contributed by atoms with Crippen LogP contribution in [0.3, 0.4) is 0 Å². The molecule has 0 N–H and O–H groups in total. The number of ketones is 1. The molecule has 1 amide bonds. The van der Waals surface area contributed by atoms with Gasteiger partial charge in [-0.1, -0.05) is 48.5 Å². The summed E-state index contributed by atoms with van der Waals surface area (Å²) in [5.74, 6) is 1.22. The number of ether oxygens (including phenoxy) is 1. The standard InChI is InChI=1S/C24H22N2O3/c27-23(18-7-3-1-4-8-18)19-13-15-26(16-14-19)24(28)20-11-12-22(25-17-20)29-21-9-5-2-6-10-21/h1-12,17,19H,13-16H2. The molecule has 0 spiro atoms. The topological polar surface area (TPSA) is 59.5 Å². The van der Waals surface area contributed by atoms with E-state index in [1.165, 1.54) is 0 Å². The lowest BCUT2D eigenvalue weighted by Crippen LogP contribution is -2.40. The van der Waals surface area contributed by atoms with Crippen LogP contribution in [0.1, 0.15) is 33.6 Å². The van der Waals surface area contributed by atoms with Gasteiger partial charge in [-0.15, -0.1) is 0 Å². The first kappa shape index (κ1) is 18.9. The van der Waals surface area contributed by atoms with E-state index in [0.717, 1.165) is 5.56 Å². The number of amides is 1. The highest BCUT2D eigenvalue weighted by molar-refractivity contribution is 5.98. The van der Waals surface area contributed by atoms with E-state index in [1.807, 2.05) is 60.7 Å². The smallest absolute Gasteiger partial charge is 0.255 e. The number of rotatable bonds is 5. The van der Waals surface area contributed by atoms with Crippen LogP contribution in [0.4, 0.5) is 0 Å². The summed E-state index contributed by atoms with van der Waals surface area (Å²) in [7, 11) is 0. The van der Waals surface area contributed by atoms with Crippen LogP contribution in [-0.4, -0.2) is 34.7 Å². The number of piperidine rings is 1. The number of aromatic nitrogens is 1. The maximum atomic E-state index is 12.8. The van der Waals surface area contributed by atoms with Gasteiger partial charge in [0.05, 0.1) is 5.56 Å². The van der Waals surface area contributed by atoms with Gasteiger partial charge in [-0.25, -0.2) is 4.98 Å². The van der Waals surface area contributed by atoms with E-state index in [4.69, 9.17) is 4.74 Å². The van der Waals surface area contributed by atoms with Gasteiger partial charge in [0, 0.05) is 36.8 Å². The molecule has 2 heterocycles. The number of likely N-dealkylation sites (tertiary alicyclic amines) is 1. The molecule has 5 heteroatoms. The second-order valence-corrected chi connectivity index (χ2v) is 7.10. The summed E-state index contributed by atoms with van der Waals surface area (Å²) in [5.41, 5.74) is 1.27. The number of hydrogen-bond acceptors (Lipinski definition) is 4. The van der Waals surface area contributed by atoms with Crippen molar-refractivity contribution < 1.29 is 14.3 Å². The Labute approximate surface area is 170 Å².